The highest BCUT2D eigenvalue weighted by atomic mass is 32.2. The molecule has 0 aromatic heterocycles. The number of carbonyl (C=O) groups excluding carboxylic acids is 1. The van der Waals surface area contributed by atoms with Crippen LogP contribution < -0.4 is 9.62 Å². The number of amides is 1. The van der Waals surface area contributed by atoms with Crippen LogP contribution in [0.4, 0.5) is 5.69 Å². The summed E-state index contributed by atoms with van der Waals surface area (Å²) in [4.78, 5) is 17.9. The van der Waals surface area contributed by atoms with Gasteiger partial charge in [0.1, 0.15) is 0 Å². The highest BCUT2D eigenvalue weighted by Gasteiger charge is 2.33. The van der Waals surface area contributed by atoms with Crippen LogP contribution >= 0.6 is 0 Å². The Kier molecular flexibility index (Phi) is 7.39. The van der Waals surface area contributed by atoms with E-state index in [1.165, 1.54) is 11.3 Å². The number of nitrogens with one attached hydrogen (secondary N) is 1. The molecule has 2 aromatic carbocycles. The molecule has 6 nitrogen and oxygen atoms in total. The first kappa shape index (κ1) is 23.8. The Balaban J connectivity index is 1.25. The van der Waals surface area contributed by atoms with Crippen LogP contribution in [0.5, 0.6) is 0 Å². The van der Waals surface area contributed by atoms with Gasteiger partial charge in [-0.05, 0) is 75.3 Å². The minimum absolute atomic E-state index is 0.0599. The molecule has 1 atom stereocenters. The summed E-state index contributed by atoms with van der Waals surface area (Å²) in [6.45, 7) is 7.10. The lowest BCUT2D eigenvalue weighted by atomic mass is 9.81. The summed E-state index contributed by atoms with van der Waals surface area (Å²) in [7, 11) is -3.47. The van der Waals surface area contributed by atoms with Gasteiger partial charge in [0.25, 0.3) is 0 Å². The zero-order valence-corrected chi connectivity index (χ0v) is 20.4. The molecule has 1 aliphatic carbocycles. The first-order chi connectivity index (χ1) is 15.8. The van der Waals surface area contributed by atoms with E-state index in [1.54, 1.807) is 30.3 Å². The van der Waals surface area contributed by atoms with Crippen molar-refractivity contribution in [1.82, 2.24) is 9.62 Å². The topological polar surface area (TPSA) is 69.7 Å². The number of hydrogen-bond donors (Lipinski definition) is 1. The summed E-state index contributed by atoms with van der Waals surface area (Å²) in [5.74, 6) is 0.614. The summed E-state index contributed by atoms with van der Waals surface area (Å²) in [5.41, 5.74) is 2.48. The van der Waals surface area contributed by atoms with Crippen LogP contribution in [0.2, 0.25) is 0 Å². The first-order valence-electron chi connectivity index (χ1n) is 12.0. The summed E-state index contributed by atoms with van der Waals surface area (Å²) in [6.07, 6.45) is 3.44. The Hall–Kier alpha value is -2.38. The Labute approximate surface area is 198 Å². The third kappa shape index (κ3) is 5.76. The van der Waals surface area contributed by atoms with Gasteiger partial charge in [-0.15, -0.1) is 0 Å². The molecule has 4 rings (SSSR count). The van der Waals surface area contributed by atoms with Gasteiger partial charge in [-0.3, -0.25) is 4.79 Å². The monoisotopic (exact) mass is 469 g/mol. The average Bonchev–Trinajstić information content (AvgIpc) is 2.83. The van der Waals surface area contributed by atoms with Crippen molar-refractivity contribution in [2.75, 3.05) is 31.1 Å². The fourth-order valence-electron chi connectivity index (χ4n) is 5.13. The van der Waals surface area contributed by atoms with Crippen molar-refractivity contribution in [3.63, 3.8) is 0 Å². The standard InChI is InChI=1S/C26H35N3O3S/c1-20-7-6-8-24(17-20)29-16-15-28(19-21(29)2)26(30)23-13-11-22(12-14-23)18-27-33(31,32)25-9-4-3-5-10-25/h3-10,17,21-23,27H,11-16,18-19H2,1-2H3/t21-,22?,23?/m1/s1. The molecule has 1 N–H and O–H groups in total. The molecule has 1 aliphatic heterocycles. The van der Waals surface area contributed by atoms with Crippen LogP contribution in [0.25, 0.3) is 0 Å². The van der Waals surface area contributed by atoms with E-state index in [-0.39, 0.29) is 23.8 Å². The third-order valence-corrected chi connectivity index (χ3v) is 8.52. The molecule has 2 aromatic rings. The Morgan fingerprint density at radius 1 is 1.00 bits per heavy atom. The molecule has 1 heterocycles. The molecule has 7 heteroatoms. The number of benzene rings is 2. The Bertz CT molecular complexity index is 1050. The van der Waals surface area contributed by atoms with Gasteiger partial charge in [0.15, 0.2) is 0 Å². The average molecular weight is 470 g/mol. The normalized spacial score (nSPS) is 24.0. The second-order valence-electron chi connectivity index (χ2n) is 9.55. The molecule has 2 fully saturated rings. The molecular weight excluding hydrogens is 434 g/mol. The maximum atomic E-state index is 13.2. The predicted octanol–water partition coefficient (Wildman–Crippen LogP) is 3.82. The van der Waals surface area contributed by atoms with Gasteiger partial charge < -0.3 is 9.80 Å². The molecule has 1 saturated carbocycles. The number of piperazine rings is 1. The zero-order valence-electron chi connectivity index (χ0n) is 19.6. The lowest BCUT2D eigenvalue weighted by Gasteiger charge is -2.43. The van der Waals surface area contributed by atoms with Crippen molar-refractivity contribution in [2.24, 2.45) is 11.8 Å². The lowest BCUT2D eigenvalue weighted by molar-refractivity contribution is -0.137. The first-order valence-corrected chi connectivity index (χ1v) is 13.5. The van der Waals surface area contributed by atoms with Gasteiger partial charge in [-0.25, -0.2) is 13.1 Å². The summed E-state index contributed by atoms with van der Waals surface area (Å²) < 4.78 is 27.7. The third-order valence-electron chi connectivity index (χ3n) is 7.08. The van der Waals surface area contributed by atoms with Crippen molar-refractivity contribution in [1.29, 1.82) is 0 Å². The quantitative estimate of drug-likeness (QED) is 0.698. The fraction of sp³-hybridized carbons (Fsp3) is 0.500. The highest BCUT2D eigenvalue weighted by Crippen LogP contribution is 2.31. The largest absolute Gasteiger partial charge is 0.365 e. The van der Waals surface area contributed by atoms with E-state index in [4.69, 9.17) is 0 Å². The molecule has 33 heavy (non-hydrogen) atoms. The van der Waals surface area contributed by atoms with Crippen LogP contribution in [-0.4, -0.2) is 51.4 Å². The summed E-state index contributed by atoms with van der Waals surface area (Å²) >= 11 is 0. The Morgan fingerprint density at radius 3 is 2.39 bits per heavy atom. The van der Waals surface area contributed by atoms with E-state index in [1.807, 2.05) is 4.90 Å². The van der Waals surface area contributed by atoms with E-state index < -0.39 is 10.0 Å². The molecular formula is C26H35N3O3S. The van der Waals surface area contributed by atoms with Crippen molar-refractivity contribution in [3.8, 4) is 0 Å². The maximum Gasteiger partial charge on any atom is 0.240 e. The van der Waals surface area contributed by atoms with Crippen LogP contribution in [0.1, 0.15) is 38.2 Å². The van der Waals surface area contributed by atoms with Crippen LogP contribution in [0.15, 0.2) is 59.5 Å². The van der Waals surface area contributed by atoms with Crippen molar-refractivity contribution < 1.29 is 13.2 Å². The van der Waals surface area contributed by atoms with Crippen molar-refractivity contribution >= 4 is 21.6 Å². The van der Waals surface area contributed by atoms with E-state index >= 15 is 0 Å². The van der Waals surface area contributed by atoms with Crippen molar-refractivity contribution in [2.45, 2.75) is 50.5 Å². The Morgan fingerprint density at radius 2 is 1.73 bits per heavy atom. The number of carbonyl (C=O) groups is 1. The number of sulfonamides is 1. The number of aryl methyl sites for hydroxylation is 1. The second kappa shape index (κ2) is 10.3. The van der Waals surface area contributed by atoms with E-state index in [0.717, 1.165) is 45.3 Å². The van der Waals surface area contributed by atoms with Gasteiger partial charge >= 0.3 is 0 Å². The molecule has 0 bridgehead atoms. The van der Waals surface area contributed by atoms with Gasteiger partial charge in [-0.2, -0.15) is 0 Å². The predicted molar refractivity (Wildman–Crippen MR) is 132 cm³/mol. The molecule has 1 saturated heterocycles. The summed E-state index contributed by atoms with van der Waals surface area (Å²) in [6, 6.07) is 17.3. The van der Waals surface area contributed by atoms with E-state index in [9.17, 15) is 13.2 Å². The van der Waals surface area contributed by atoms with Gasteiger partial charge in [0.05, 0.1) is 4.90 Å². The fourth-order valence-corrected chi connectivity index (χ4v) is 6.27. The lowest BCUT2D eigenvalue weighted by Crippen LogP contribution is -2.55. The van der Waals surface area contributed by atoms with E-state index in [2.05, 4.69) is 47.7 Å². The van der Waals surface area contributed by atoms with Gasteiger partial charge in [0.2, 0.25) is 15.9 Å². The minimum Gasteiger partial charge on any atom is -0.365 e. The summed E-state index contributed by atoms with van der Waals surface area (Å²) in [5, 5.41) is 0. The van der Waals surface area contributed by atoms with E-state index in [0.29, 0.717) is 11.4 Å². The van der Waals surface area contributed by atoms with Gasteiger partial charge in [0, 0.05) is 43.8 Å². The smallest absolute Gasteiger partial charge is 0.240 e. The second-order valence-corrected chi connectivity index (χ2v) is 11.3. The molecule has 0 radical (unpaired) electrons. The van der Waals surface area contributed by atoms with Crippen LogP contribution in [-0.2, 0) is 14.8 Å². The molecule has 0 unspecified atom stereocenters. The molecule has 0 spiro atoms. The molecule has 2 aliphatic rings. The number of anilines is 1. The highest BCUT2D eigenvalue weighted by molar-refractivity contribution is 7.89. The van der Waals surface area contributed by atoms with Gasteiger partial charge in [-0.1, -0.05) is 30.3 Å². The number of rotatable bonds is 6. The minimum atomic E-state index is -3.47. The SMILES string of the molecule is Cc1cccc(N2CCN(C(=O)C3CCC(CNS(=O)(=O)c4ccccc4)CC3)C[C@H]2C)c1. The molecule has 1 amide bonds. The van der Waals surface area contributed by atoms with Crippen LogP contribution in [0.3, 0.4) is 0 Å². The zero-order chi connectivity index (χ0) is 23.4. The maximum absolute atomic E-state index is 13.2. The molecule has 178 valence electrons. The number of nitrogens with zero attached hydrogens (tertiary/aromatic N) is 2. The number of hydrogen-bond acceptors (Lipinski definition) is 4. The van der Waals surface area contributed by atoms with Crippen molar-refractivity contribution in [3.05, 3.63) is 60.2 Å². The van der Waals surface area contributed by atoms with Crippen LogP contribution in [0, 0.1) is 18.8 Å².